The summed E-state index contributed by atoms with van der Waals surface area (Å²) < 4.78 is 5.45. The molecule has 0 bridgehead atoms. The number of rotatable bonds is 3. The topological polar surface area (TPSA) is 58.6 Å². The normalized spacial score (nSPS) is 24.7. The van der Waals surface area contributed by atoms with Crippen molar-refractivity contribution in [3.8, 4) is 0 Å². The summed E-state index contributed by atoms with van der Waals surface area (Å²) in [5.41, 5.74) is 2.92. The van der Waals surface area contributed by atoms with Crippen LogP contribution in [-0.4, -0.2) is 60.2 Å². The highest BCUT2D eigenvalue weighted by Gasteiger charge is 2.46. The minimum atomic E-state index is -0.543. The summed E-state index contributed by atoms with van der Waals surface area (Å²) in [6.07, 6.45) is 5.69. The number of fused-ring (bicyclic) bond motifs is 1. The molecular weight excluding hydrogens is 376 g/mol. The second kappa shape index (κ2) is 7.99. The summed E-state index contributed by atoms with van der Waals surface area (Å²) in [7, 11) is 0. The van der Waals surface area contributed by atoms with Gasteiger partial charge in [-0.25, -0.2) is 9.97 Å². The van der Waals surface area contributed by atoms with Gasteiger partial charge >= 0.3 is 0 Å². The van der Waals surface area contributed by atoms with E-state index in [-0.39, 0.29) is 5.91 Å². The fourth-order valence-corrected chi connectivity index (χ4v) is 5.18. The molecule has 2 saturated heterocycles. The molecule has 2 fully saturated rings. The number of piperidine rings is 1. The van der Waals surface area contributed by atoms with Crippen molar-refractivity contribution in [2.24, 2.45) is 0 Å². The van der Waals surface area contributed by atoms with Crippen molar-refractivity contribution in [1.29, 1.82) is 0 Å². The number of carbonyl (C=O) groups excluding carboxylic acids is 1. The van der Waals surface area contributed by atoms with E-state index in [1.807, 2.05) is 6.20 Å². The van der Waals surface area contributed by atoms with Gasteiger partial charge in [0.15, 0.2) is 0 Å². The van der Waals surface area contributed by atoms with E-state index in [0.29, 0.717) is 19.1 Å². The van der Waals surface area contributed by atoms with Crippen LogP contribution in [0.1, 0.15) is 48.9 Å². The third-order valence-electron chi connectivity index (χ3n) is 7.09. The van der Waals surface area contributed by atoms with E-state index in [2.05, 4.69) is 52.0 Å². The first kappa shape index (κ1) is 19.5. The standard InChI is InChI=1S/C24H30N4O2/c1-24(22(29)27-11-8-19(9-12-27)18-5-3-2-4-6-18)10-7-20-17-25-23(26-21(20)24)28-13-15-30-16-14-28/h2-6,17,19H,7-16H2,1H3. The number of morpholine rings is 1. The van der Waals surface area contributed by atoms with Crippen molar-refractivity contribution in [3.63, 3.8) is 0 Å². The SMILES string of the molecule is CC1(C(=O)N2CCC(c3ccccc3)CC2)CCc2cnc(N3CCOCC3)nc21. The fraction of sp³-hybridized carbons (Fsp3) is 0.542. The lowest BCUT2D eigenvalue weighted by molar-refractivity contribution is -0.138. The summed E-state index contributed by atoms with van der Waals surface area (Å²) in [6, 6.07) is 10.7. The molecular formula is C24H30N4O2. The number of aromatic nitrogens is 2. The van der Waals surface area contributed by atoms with Crippen LogP contribution in [0.25, 0.3) is 0 Å². The second-order valence-corrected chi connectivity index (χ2v) is 8.95. The zero-order valence-corrected chi connectivity index (χ0v) is 17.7. The molecule has 0 saturated carbocycles. The molecule has 1 atom stereocenters. The lowest BCUT2D eigenvalue weighted by Crippen LogP contribution is -2.47. The van der Waals surface area contributed by atoms with E-state index in [1.165, 1.54) is 5.56 Å². The minimum absolute atomic E-state index is 0.236. The van der Waals surface area contributed by atoms with Gasteiger partial charge in [-0.3, -0.25) is 4.79 Å². The van der Waals surface area contributed by atoms with Gasteiger partial charge in [0, 0.05) is 32.4 Å². The van der Waals surface area contributed by atoms with Crippen molar-refractivity contribution >= 4 is 11.9 Å². The maximum atomic E-state index is 13.6. The van der Waals surface area contributed by atoms with Gasteiger partial charge in [0.2, 0.25) is 11.9 Å². The third kappa shape index (κ3) is 3.47. The lowest BCUT2D eigenvalue weighted by atomic mass is 9.83. The van der Waals surface area contributed by atoms with Gasteiger partial charge in [-0.2, -0.15) is 0 Å². The Hall–Kier alpha value is -2.47. The number of ether oxygens (including phenoxy) is 1. The molecule has 6 heteroatoms. The smallest absolute Gasteiger partial charge is 0.234 e. The number of likely N-dealkylation sites (tertiary alicyclic amines) is 1. The number of nitrogens with zero attached hydrogens (tertiary/aromatic N) is 4. The largest absolute Gasteiger partial charge is 0.378 e. The van der Waals surface area contributed by atoms with Gasteiger partial charge in [0.1, 0.15) is 0 Å². The van der Waals surface area contributed by atoms with Crippen LogP contribution in [0, 0.1) is 0 Å². The van der Waals surface area contributed by atoms with Gasteiger partial charge in [-0.05, 0) is 49.7 Å². The quantitative estimate of drug-likeness (QED) is 0.784. The van der Waals surface area contributed by atoms with Crippen LogP contribution in [0.2, 0.25) is 0 Å². The van der Waals surface area contributed by atoms with Crippen molar-refractivity contribution < 1.29 is 9.53 Å². The molecule has 1 aliphatic carbocycles. The first-order valence-corrected chi connectivity index (χ1v) is 11.2. The predicted octanol–water partition coefficient (Wildman–Crippen LogP) is 2.92. The van der Waals surface area contributed by atoms with Crippen LogP contribution in [0.5, 0.6) is 0 Å². The highest BCUT2D eigenvalue weighted by Crippen LogP contribution is 2.40. The summed E-state index contributed by atoms with van der Waals surface area (Å²) >= 11 is 0. The molecule has 2 aromatic rings. The van der Waals surface area contributed by atoms with Crippen molar-refractivity contribution in [2.45, 2.75) is 43.9 Å². The van der Waals surface area contributed by atoms with E-state index < -0.39 is 5.41 Å². The van der Waals surface area contributed by atoms with E-state index in [4.69, 9.17) is 9.72 Å². The molecule has 0 radical (unpaired) electrons. The fourth-order valence-electron chi connectivity index (χ4n) is 5.18. The molecule has 0 N–H and O–H groups in total. The van der Waals surface area contributed by atoms with E-state index >= 15 is 0 Å². The van der Waals surface area contributed by atoms with E-state index in [9.17, 15) is 4.79 Å². The highest BCUT2D eigenvalue weighted by atomic mass is 16.5. The Kier molecular flexibility index (Phi) is 5.19. The van der Waals surface area contributed by atoms with E-state index in [0.717, 1.165) is 69.1 Å². The van der Waals surface area contributed by atoms with Gasteiger partial charge in [-0.1, -0.05) is 30.3 Å². The minimum Gasteiger partial charge on any atom is -0.378 e. The van der Waals surface area contributed by atoms with Crippen molar-refractivity contribution in [3.05, 3.63) is 53.3 Å². The average molecular weight is 407 g/mol. The van der Waals surface area contributed by atoms with E-state index in [1.54, 1.807) is 0 Å². The van der Waals surface area contributed by atoms with Crippen LogP contribution in [-0.2, 0) is 21.4 Å². The zero-order valence-electron chi connectivity index (χ0n) is 17.7. The Morgan fingerprint density at radius 2 is 1.83 bits per heavy atom. The maximum Gasteiger partial charge on any atom is 0.234 e. The highest BCUT2D eigenvalue weighted by molar-refractivity contribution is 5.88. The Labute approximate surface area is 178 Å². The number of aryl methyl sites for hydroxylation is 1. The van der Waals surface area contributed by atoms with Gasteiger partial charge in [-0.15, -0.1) is 0 Å². The molecule has 1 amide bonds. The van der Waals surface area contributed by atoms with Gasteiger partial charge in [0.05, 0.1) is 24.3 Å². The first-order valence-electron chi connectivity index (χ1n) is 11.2. The number of anilines is 1. The Balaban J connectivity index is 1.32. The van der Waals surface area contributed by atoms with Crippen molar-refractivity contribution in [1.82, 2.24) is 14.9 Å². The van der Waals surface area contributed by atoms with Crippen LogP contribution in [0.15, 0.2) is 36.5 Å². The molecule has 3 heterocycles. The first-order chi connectivity index (χ1) is 14.6. The zero-order chi connectivity index (χ0) is 20.6. The van der Waals surface area contributed by atoms with Crippen molar-refractivity contribution in [2.75, 3.05) is 44.3 Å². The number of carbonyl (C=O) groups is 1. The number of amides is 1. The summed E-state index contributed by atoms with van der Waals surface area (Å²) in [6.45, 7) is 6.74. The predicted molar refractivity (Wildman–Crippen MR) is 116 cm³/mol. The van der Waals surface area contributed by atoms with Gasteiger partial charge < -0.3 is 14.5 Å². The molecule has 3 aliphatic rings. The average Bonchev–Trinajstić information content (AvgIpc) is 3.17. The Bertz CT molecular complexity index is 905. The molecule has 30 heavy (non-hydrogen) atoms. The van der Waals surface area contributed by atoms with Gasteiger partial charge in [0.25, 0.3) is 0 Å². The molecule has 0 spiro atoms. The van der Waals surface area contributed by atoms with Crippen LogP contribution < -0.4 is 4.90 Å². The number of hydrogen-bond acceptors (Lipinski definition) is 5. The molecule has 1 unspecified atom stereocenters. The monoisotopic (exact) mass is 406 g/mol. The summed E-state index contributed by atoms with van der Waals surface area (Å²) in [5.74, 6) is 1.52. The van der Waals surface area contributed by atoms with Crippen LogP contribution in [0.4, 0.5) is 5.95 Å². The Morgan fingerprint density at radius 1 is 1.10 bits per heavy atom. The molecule has 5 rings (SSSR count). The molecule has 6 nitrogen and oxygen atoms in total. The number of hydrogen-bond donors (Lipinski definition) is 0. The summed E-state index contributed by atoms with van der Waals surface area (Å²) in [5, 5.41) is 0. The second-order valence-electron chi connectivity index (χ2n) is 8.95. The molecule has 2 aliphatic heterocycles. The molecule has 1 aromatic heterocycles. The molecule has 1 aromatic carbocycles. The lowest BCUT2D eigenvalue weighted by Gasteiger charge is -2.37. The maximum absolute atomic E-state index is 13.6. The summed E-state index contributed by atoms with van der Waals surface area (Å²) in [4.78, 5) is 27.4. The molecule has 158 valence electrons. The third-order valence-corrected chi connectivity index (χ3v) is 7.09. The number of benzene rings is 1. The Morgan fingerprint density at radius 3 is 2.57 bits per heavy atom. The van der Waals surface area contributed by atoms with Crippen LogP contribution in [0.3, 0.4) is 0 Å². The van der Waals surface area contributed by atoms with Crippen LogP contribution >= 0.6 is 0 Å².